The molecule has 2 heterocycles. The van der Waals surface area contributed by atoms with Crippen molar-refractivity contribution in [2.45, 2.75) is 10.1 Å². The number of hydrogen-bond donors (Lipinski definition) is 0. The molecular formula is C20H15Cl2N3O2S. The second-order valence-corrected chi connectivity index (χ2v) is 7.60. The van der Waals surface area contributed by atoms with Gasteiger partial charge in [-0.25, -0.2) is 9.97 Å². The van der Waals surface area contributed by atoms with E-state index in [4.69, 9.17) is 37.7 Å². The molecule has 0 aliphatic rings. The third kappa shape index (κ3) is 3.51. The van der Waals surface area contributed by atoms with Crippen LogP contribution in [-0.2, 0) is 0 Å². The van der Waals surface area contributed by atoms with Crippen molar-refractivity contribution in [2.24, 2.45) is 0 Å². The van der Waals surface area contributed by atoms with E-state index in [1.165, 1.54) is 11.8 Å². The van der Waals surface area contributed by atoms with Crippen molar-refractivity contribution < 1.29 is 9.47 Å². The summed E-state index contributed by atoms with van der Waals surface area (Å²) in [6.45, 7) is 0. The molecule has 0 aliphatic heterocycles. The Kier molecular flexibility index (Phi) is 5.35. The Labute approximate surface area is 176 Å². The molecule has 0 fully saturated rings. The SMILES string of the molecule is COc1ccc(-c2cc3nccn3c(Sc3cccc(Cl)c3Cl)n2)cc1OC. The van der Waals surface area contributed by atoms with E-state index in [9.17, 15) is 0 Å². The zero-order valence-electron chi connectivity index (χ0n) is 15.0. The molecule has 0 atom stereocenters. The molecule has 0 N–H and O–H groups in total. The van der Waals surface area contributed by atoms with Gasteiger partial charge in [0, 0.05) is 28.9 Å². The number of ether oxygens (including phenoxy) is 2. The number of nitrogens with zero attached hydrogens (tertiary/aromatic N) is 3. The molecule has 142 valence electrons. The number of methoxy groups -OCH3 is 2. The first-order valence-corrected chi connectivity index (χ1v) is 9.86. The normalized spacial score (nSPS) is 11.0. The minimum Gasteiger partial charge on any atom is -0.493 e. The molecular weight excluding hydrogens is 417 g/mol. The second kappa shape index (κ2) is 7.91. The first-order valence-electron chi connectivity index (χ1n) is 8.29. The van der Waals surface area contributed by atoms with Gasteiger partial charge in [-0.2, -0.15) is 0 Å². The van der Waals surface area contributed by atoms with Crippen LogP contribution in [0.15, 0.2) is 64.9 Å². The van der Waals surface area contributed by atoms with Crippen LogP contribution in [0.5, 0.6) is 11.5 Å². The van der Waals surface area contributed by atoms with Crippen molar-refractivity contribution in [3.63, 3.8) is 0 Å². The Bertz CT molecular complexity index is 1160. The van der Waals surface area contributed by atoms with E-state index in [1.54, 1.807) is 26.5 Å². The maximum Gasteiger partial charge on any atom is 0.179 e. The molecule has 0 aliphatic carbocycles. The molecule has 0 bridgehead atoms. The molecule has 28 heavy (non-hydrogen) atoms. The fraction of sp³-hybridized carbons (Fsp3) is 0.100. The van der Waals surface area contributed by atoms with Gasteiger partial charge in [0.1, 0.15) is 5.65 Å². The van der Waals surface area contributed by atoms with Gasteiger partial charge in [-0.05, 0) is 42.1 Å². The van der Waals surface area contributed by atoms with Crippen molar-refractivity contribution in [3.05, 3.63) is 64.9 Å². The molecule has 2 aromatic heterocycles. The molecule has 5 nitrogen and oxygen atoms in total. The third-order valence-corrected chi connectivity index (χ3v) is 6.12. The van der Waals surface area contributed by atoms with E-state index in [2.05, 4.69) is 4.98 Å². The molecule has 0 amide bonds. The lowest BCUT2D eigenvalue weighted by atomic mass is 10.1. The Balaban J connectivity index is 1.83. The average molecular weight is 432 g/mol. The summed E-state index contributed by atoms with van der Waals surface area (Å²) in [7, 11) is 3.21. The first-order chi connectivity index (χ1) is 13.6. The highest BCUT2D eigenvalue weighted by Crippen LogP contribution is 2.38. The van der Waals surface area contributed by atoms with Crippen molar-refractivity contribution in [3.8, 4) is 22.8 Å². The highest BCUT2D eigenvalue weighted by Gasteiger charge is 2.14. The van der Waals surface area contributed by atoms with Gasteiger partial charge < -0.3 is 9.47 Å². The average Bonchev–Trinajstić information content (AvgIpc) is 3.19. The van der Waals surface area contributed by atoms with E-state index < -0.39 is 0 Å². The maximum absolute atomic E-state index is 6.36. The molecule has 4 aromatic rings. The number of imidazole rings is 1. The van der Waals surface area contributed by atoms with E-state index in [1.807, 2.05) is 47.0 Å². The van der Waals surface area contributed by atoms with E-state index in [-0.39, 0.29) is 0 Å². The minimum absolute atomic E-state index is 0.501. The summed E-state index contributed by atoms with van der Waals surface area (Å²) in [5, 5.41) is 1.73. The molecule has 4 rings (SSSR count). The highest BCUT2D eigenvalue weighted by molar-refractivity contribution is 7.99. The number of benzene rings is 2. The monoisotopic (exact) mass is 431 g/mol. The number of rotatable bonds is 5. The fourth-order valence-corrected chi connectivity index (χ4v) is 4.18. The summed E-state index contributed by atoms with van der Waals surface area (Å²) in [5.74, 6) is 1.30. The summed E-state index contributed by atoms with van der Waals surface area (Å²) >= 11 is 13.9. The van der Waals surface area contributed by atoms with E-state index in [0.717, 1.165) is 27.0 Å². The van der Waals surface area contributed by atoms with Crippen LogP contribution >= 0.6 is 35.0 Å². The zero-order chi connectivity index (χ0) is 19.7. The van der Waals surface area contributed by atoms with Gasteiger partial charge >= 0.3 is 0 Å². The van der Waals surface area contributed by atoms with Gasteiger partial charge in [0.15, 0.2) is 16.7 Å². The number of hydrogen-bond acceptors (Lipinski definition) is 5. The van der Waals surface area contributed by atoms with Crippen molar-refractivity contribution >= 4 is 40.6 Å². The van der Waals surface area contributed by atoms with Gasteiger partial charge in [-0.3, -0.25) is 4.40 Å². The first kappa shape index (κ1) is 18.9. The predicted octanol–water partition coefficient (Wildman–Crippen LogP) is 5.87. The fourth-order valence-electron chi connectivity index (χ4n) is 2.77. The number of halogens is 2. The molecule has 0 spiro atoms. The van der Waals surface area contributed by atoms with Gasteiger partial charge in [0.25, 0.3) is 0 Å². The largest absolute Gasteiger partial charge is 0.493 e. The standard InChI is InChI=1S/C20H15Cl2N3O2S/c1-26-15-7-6-12(10-16(15)27-2)14-11-18-23-8-9-25(18)20(24-14)28-17-5-3-4-13(21)19(17)22/h3-11H,1-2H3. The molecule has 0 saturated heterocycles. The predicted molar refractivity (Wildman–Crippen MR) is 112 cm³/mol. The van der Waals surface area contributed by atoms with Gasteiger partial charge in [-0.1, -0.05) is 29.3 Å². The Hall–Kier alpha value is -2.41. The Morgan fingerprint density at radius 1 is 1.00 bits per heavy atom. The number of fused-ring (bicyclic) bond motifs is 1. The summed E-state index contributed by atoms with van der Waals surface area (Å²) < 4.78 is 12.6. The maximum atomic E-state index is 6.36. The van der Waals surface area contributed by atoms with Crippen LogP contribution < -0.4 is 9.47 Å². The van der Waals surface area contributed by atoms with Crippen molar-refractivity contribution in [1.82, 2.24) is 14.4 Å². The third-order valence-electron chi connectivity index (χ3n) is 4.15. The molecule has 0 unspecified atom stereocenters. The summed E-state index contributed by atoms with van der Waals surface area (Å²) in [4.78, 5) is 10.1. The van der Waals surface area contributed by atoms with Gasteiger partial charge in [0.05, 0.1) is 30.0 Å². The zero-order valence-corrected chi connectivity index (χ0v) is 17.3. The lowest BCUT2D eigenvalue weighted by molar-refractivity contribution is 0.355. The molecule has 0 radical (unpaired) electrons. The summed E-state index contributed by atoms with van der Waals surface area (Å²) in [6, 6.07) is 13.1. The minimum atomic E-state index is 0.501. The summed E-state index contributed by atoms with van der Waals surface area (Å²) in [6.07, 6.45) is 3.60. The molecule has 0 saturated carbocycles. The van der Waals surface area contributed by atoms with Gasteiger partial charge in [-0.15, -0.1) is 0 Å². The lowest BCUT2D eigenvalue weighted by Crippen LogP contribution is -1.97. The van der Waals surface area contributed by atoms with E-state index in [0.29, 0.717) is 21.5 Å². The molecule has 2 aromatic carbocycles. The summed E-state index contributed by atoms with van der Waals surface area (Å²) in [5.41, 5.74) is 2.43. The topological polar surface area (TPSA) is 48.7 Å². The van der Waals surface area contributed by atoms with Crippen molar-refractivity contribution in [1.29, 1.82) is 0 Å². The Morgan fingerprint density at radius 3 is 2.61 bits per heavy atom. The van der Waals surface area contributed by atoms with Crippen LogP contribution in [0.2, 0.25) is 10.0 Å². The Morgan fingerprint density at radius 2 is 1.82 bits per heavy atom. The number of aromatic nitrogens is 3. The van der Waals surface area contributed by atoms with Crippen LogP contribution in [0.4, 0.5) is 0 Å². The van der Waals surface area contributed by atoms with Crippen LogP contribution in [-0.4, -0.2) is 28.6 Å². The van der Waals surface area contributed by atoms with Crippen LogP contribution in [0, 0.1) is 0 Å². The lowest BCUT2D eigenvalue weighted by Gasteiger charge is -2.12. The molecule has 8 heteroatoms. The quantitative estimate of drug-likeness (QED) is 0.369. The highest BCUT2D eigenvalue weighted by atomic mass is 35.5. The smallest absolute Gasteiger partial charge is 0.179 e. The van der Waals surface area contributed by atoms with Gasteiger partial charge in [0.2, 0.25) is 0 Å². The van der Waals surface area contributed by atoms with Crippen LogP contribution in [0.25, 0.3) is 16.9 Å². The van der Waals surface area contributed by atoms with Crippen LogP contribution in [0.3, 0.4) is 0 Å². The second-order valence-electron chi connectivity index (χ2n) is 5.80. The van der Waals surface area contributed by atoms with Crippen LogP contribution in [0.1, 0.15) is 0 Å². The van der Waals surface area contributed by atoms with Crippen molar-refractivity contribution in [2.75, 3.05) is 14.2 Å². The van der Waals surface area contributed by atoms with E-state index >= 15 is 0 Å².